The Labute approximate surface area is 94.8 Å². The first-order chi connectivity index (χ1) is 7.75. The molecule has 0 amide bonds. The van der Waals surface area contributed by atoms with Gasteiger partial charge in [-0.25, -0.2) is 0 Å². The Morgan fingerprint density at radius 1 is 0.812 bits per heavy atom. The lowest BCUT2D eigenvalue weighted by molar-refractivity contribution is 0.454. The van der Waals surface area contributed by atoms with Crippen LogP contribution in [0.4, 0.5) is 0 Å². The summed E-state index contributed by atoms with van der Waals surface area (Å²) < 4.78 is 0. The van der Waals surface area contributed by atoms with E-state index in [9.17, 15) is 10.2 Å². The van der Waals surface area contributed by atoms with Gasteiger partial charge in [-0.05, 0) is 42.2 Å². The Bertz CT molecular complexity index is 463. The van der Waals surface area contributed by atoms with Crippen LogP contribution in [-0.2, 0) is 12.8 Å². The average Bonchev–Trinajstić information content (AvgIpc) is 2.32. The Balaban J connectivity index is 2.08. The fourth-order valence-corrected chi connectivity index (χ4v) is 1.70. The third-order valence-corrected chi connectivity index (χ3v) is 2.59. The lowest BCUT2D eigenvalue weighted by Crippen LogP contribution is -1.91. The second kappa shape index (κ2) is 4.71. The number of hydrogen-bond donors (Lipinski definition) is 2. The van der Waals surface area contributed by atoms with Gasteiger partial charge in [-0.1, -0.05) is 30.3 Å². The van der Waals surface area contributed by atoms with Crippen LogP contribution < -0.4 is 0 Å². The van der Waals surface area contributed by atoms with E-state index >= 15 is 0 Å². The highest BCUT2D eigenvalue weighted by Gasteiger charge is 2.02. The molecular weight excluding hydrogens is 200 g/mol. The Hall–Kier alpha value is -1.96. The van der Waals surface area contributed by atoms with Gasteiger partial charge < -0.3 is 10.2 Å². The van der Waals surface area contributed by atoms with E-state index in [-0.39, 0.29) is 11.5 Å². The van der Waals surface area contributed by atoms with Crippen LogP contribution in [0.3, 0.4) is 0 Å². The molecule has 2 rings (SSSR count). The minimum Gasteiger partial charge on any atom is -0.508 e. The Morgan fingerprint density at radius 2 is 1.56 bits per heavy atom. The highest BCUT2D eigenvalue weighted by atomic mass is 16.3. The largest absolute Gasteiger partial charge is 0.508 e. The van der Waals surface area contributed by atoms with Crippen LogP contribution in [-0.4, -0.2) is 10.2 Å². The maximum Gasteiger partial charge on any atom is 0.119 e. The quantitative estimate of drug-likeness (QED) is 0.771. The highest BCUT2D eigenvalue weighted by molar-refractivity contribution is 5.39. The van der Waals surface area contributed by atoms with Crippen molar-refractivity contribution in [2.75, 3.05) is 0 Å². The lowest BCUT2D eigenvalue weighted by atomic mass is 10.0. The molecule has 0 aliphatic carbocycles. The molecule has 0 aliphatic rings. The molecule has 0 heterocycles. The molecule has 0 saturated heterocycles. The zero-order valence-corrected chi connectivity index (χ0v) is 8.93. The maximum absolute atomic E-state index is 9.60. The van der Waals surface area contributed by atoms with Crippen LogP contribution in [0.2, 0.25) is 0 Å². The molecule has 0 saturated carbocycles. The molecule has 2 aromatic carbocycles. The van der Waals surface area contributed by atoms with Crippen LogP contribution in [0.5, 0.6) is 11.5 Å². The average molecular weight is 214 g/mol. The number of hydrogen-bond acceptors (Lipinski definition) is 2. The van der Waals surface area contributed by atoms with E-state index in [1.54, 1.807) is 6.07 Å². The first-order valence-electron chi connectivity index (χ1n) is 5.30. The van der Waals surface area contributed by atoms with E-state index in [1.807, 2.05) is 18.2 Å². The number of aromatic hydroxyl groups is 2. The number of phenols is 2. The van der Waals surface area contributed by atoms with Crippen LogP contribution in [0, 0.1) is 0 Å². The normalized spacial score (nSPS) is 10.2. The van der Waals surface area contributed by atoms with Gasteiger partial charge >= 0.3 is 0 Å². The Morgan fingerprint density at radius 3 is 2.31 bits per heavy atom. The molecule has 0 aliphatic heterocycles. The molecule has 2 aromatic rings. The summed E-state index contributed by atoms with van der Waals surface area (Å²) in [5, 5.41) is 18.9. The predicted molar refractivity (Wildman–Crippen MR) is 63.6 cm³/mol. The molecule has 82 valence electrons. The SMILES string of the molecule is Oc1ccc(O)c(CCc2ccccc2)c1. The van der Waals surface area contributed by atoms with Crippen molar-refractivity contribution < 1.29 is 10.2 Å². The first kappa shape index (κ1) is 10.6. The molecule has 16 heavy (non-hydrogen) atoms. The van der Waals surface area contributed by atoms with Crippen molar-refractivity contribution in [2.24, 2.45) is 0 Å². The minimum absolute atomic E-state index is 0.195. The standard InChI is InChI=1S/C14H14O2/c15-13-8-9-14(16)12(10-13)7-6-11-4-2-1-3-5-11/h1-5,8-10,15-16H,6-7H2. The number of rotatable bonds is 3. The van der Waals surface area contributed by atoms with Gasteiger partial charge in [0.2, 0.25) is 0 Å². The van der Waals surface area contributed by atoms with Crippen molar-refractivity contribution >= 4 is 0 Å². The molecule has 2 heteroatoms. The number of phenolic OH excluding ortho intramolecular Hbond substituents is 2. The van der Waals surface area contributed by atoms with Crippen LogP contribution in [0.15, 0.2) is 48.5 Å². The third kappa shape index (κ3) is 2.54. The van der Waals surface area contributed by atoms with Crippen molar-refractivity contribution in [1.29, 1.82) is 0 Å². The molecule has 0 spiro atoms. The summed E-state index contributed by atoms with van der Waals surface area (Å²) in [5.41, 5.74) is 2.01. The van der Waals surface area contributed by atoms with Crippen molar-refractivity contribution in [2.45, 2.75) is 12.8 Å². The molecule has 2 nitrogen and oxygen atoms in total. The van der Waals surface area contributed by atoms with Crippen molar-refractivity contribution in [1.82, 2.24) is 0 Å². The zero-order chi connectivity index (χ0) is 11.4. The fourth-order valence-electron chi connectivity index (χ4n) is 1.70. The van der Waals surface area contributed by atoms with Gasteiger partial charge in [-0.15, -0.1) is 0 Å². The number of benzene rings is 2. The second-order valence-electron chi connectivity index (χ2n) is 3.80. The van der Waals surface area contributed by atoms with Gasteiger partial charge in [-0.3, -0.25) is 0 Å². The molecule has 2 N–H and O–H groups in total. The van der Waals surface area contributed by atoms with E-state index in [0.29, 0.717) is 0 Å². The molecular formula is C14H14O2. The van der Waals surface area contributed by atoms with Crippen molar-refractivity contribution in [3.05, 3.63) is 59.7 Å². The molecule has 0 fully saturated rings. The Kier molecular flexibility index (Phi) is 3.10. The van der Waals surface area contributed by atoms with Gasteiger partial charge in [0.05, 0.1) is 0 Å². The molecule has 0 unspecified atom stereocenters. The van der Waals surface area contributed by atoms with E-state index < -0.39 is 0 Å². The summed E-state index contributed by atoms with van der Waals surface area (Å²) in [5.74, 6) is 0.439. The van der Waals surface area contributed by atoms with Gasteiger partial charge in [0.15, 0.2) is 0 Å². The van der Waals surface area contributed by atoms with Crippen molar-refractivity contribution in [3.63, 3.8) is 0 Å². The van der Waals surface area contributed by atoms with Crippen LogP contribution in [0.1, 0.15) is 11.1 Å². The summed E-state index contributed by atoms with van der Waals surface area (Å²) in [6.45, 7) is 0. The van der Waals surface area contributed by atoms with Crippen LogP contribution >= 0.6 is 0 Å². The predicted octanol–water partition coefficient (Wildman–Crippen LogP) is 2.88. The van der Waals surface area contributed by atoms with Gasteiger partial charge in [0.1, 0.15) is 11.5 Å². The van der Waals surface area contributed by atoms with Crippen LogP contribution in [0.25, 0.3) is 0 Å². The van der Waals surface area contributed by atoms with Gasteiger partial charge in [0, 0.05) is 0 Å². The minimum atomic E-state index is 0.195. The summed E-state index contributed by atoms with van der Waals surface area (Å²) in [6, 6.07) is 14.7. The van der Waals surface area contributed by atoms with E-state index in [4.69, 9.17) is 0 Å². The maximum atomic E-state index is 9.60. The zero-order valence-electron chi connectivity index (χ0n) is 8.93. The molecule has 0 bridgehead atoms. The first-order valence-corrected chi connectivity index (χ1v) is 5.30. The highest BCUT2D eigenvalue weighted by Crippen LogP contribution is 2.23. The van der Waals surface area contributed by atoms with Gasteiger partial charge in [-0.2, -0.15) is 0 Å². The summed E-state index contributed by atoms with van der Waals surface area (Å²) in [6.07, 6.45) is 1.59. The number of aryl methyl sites for hydroxylation is 2. The smallest absolute Gasteiger partial charge is 0.119 e. The summed E-state index contributed by atoms with van der Waals surface area (Å²) >= 11 is 0. The fraction of sp³-hybridized carbons (Fsp3) is 0.143. The third-order valence-electron chi connectivity index (χ3n) is 2.59. The van der Waals surface area contributed by atoms with Gasteiger partial charge in [0.25, 0.3) is 0 Å². The lowest BCUT2D eigenvalue weighted by Gasteiger charge is -2.05. The molecule has 0 atom stereocenters. The second-order valence-corrected chi connectivity index (χ2v) is 3.80. The monoisotopic (exact) mass is 214 g/mol. The summed E-state index contributed by atoms with van der Waals surface area (Å²) in [4.78, 5) is 0. The van der Waals surface area contributed by atoms with Crippen molar-refractivity contribution in [3.8, 4) is 11.5 Å². The van der Waals surface area contributed by atoms with E-state index in [2.05, 4.69) is 12.1 Å². The van der Waals surface area contributed by atoms with E-state index in [1.165, 1.54) is 17.7 Å². The summed E-state index contributed by atoms with van der Waals surface area (Å²) in [7, 11) is 0. The molecule has 0 aromatic heterocycles. The molecule has 0 radical (unpaired) electrons. The van der Waals surface area contributed by atoms with E-state index in [0.717, 1.165) is 18.4 Å². The topological polar surface area (TPSA) is 40.5 Å².